The van der Waals surface area contributed by atoms with Gasteiger partial charge in [0.15, 0.2) is 6.10 Å². The molecule has 0 fully saturated rings. The fourth-order valence-electron chi connectivity index (χ4n) is 6.65. The first-order valence-electron chi connectivity index (χ1n) is 26.7. The predicted molar refractivity (Wildman–Crippen MR) is 288 cm³/mol. The number of esters is 3. The summed E-state index contributed by atoms with van der Waals surface area (Å²) in [5.41, 5.74) is 0. The number of rotatable bonds is 46. The van der Waals surface area contributed by atoms with Crippen molar-refractivity contribution in [3.05, 3.63) is 134 Å². The molecular weight excluding hydrogens is 829 g/mol. The van der Waals surface area contributed by atoms with Crippen LogP contribution in [-0.4, -0.2) is 37.2 Å². The summed E-state index contributed by atoms with van der Waals surface area (Å²) in [6, 6.07) is 0. The first-order valence-corrected chi connectivity index (χ1v) is 26.7. The Morgan fingerprint density at radius 2 is 0.582 bits per heavy atom. The summed E-state index contributed by atoms with van der Waals surface area (Å²) in [7, 11) is 0. The molecule has 0 amide bonds. The number of allylic oxidation sites excluding steroid dienone is 22. The Morgan fingerprint density at radius 3 is 0.955 bits per heavy atom. The normalized spacial score (nSPS) is 13.2. The van der Waals surface area contributed by atoms with E-state index in [0.717, 1.165) is 141 Å². The second-order valence-electron chi connectivity index (χ2n) is 17.0. The van der Waals surface area contributed by atoms with Gasteiger partial charge in [0.05, 0.1) is 0 Å². The summed E-state index contributed by atoms with van der Waals surface area (Å²) in [4.78, 5) is 38.0. The van der Waals surface area contributed by atoms with E-state index in [2.05, 4.69) is 154 Å². The van der Waals surface area contributed by atoms with Crippen molar-refractivity contribution < 1.29 is 28.6 Å². The smallest absolute Gasteiger partial charge is 0.306 e. The lowest BCUT2D eigenvalue weighted by atomic mass is 10.1. The molecule has 0 aliphatic carbocycles. The van der Waals surface area contributed by atoms with Crippen LogP contribution in [0.4, 0.5) is 0 Å². The van der Waals surface area contributed by atoms with E-state index in [1.54, 1.807) is 0 Å². The Morgan fingerprint density at radius 1 is 0.313 bits per heavy atom. The molecule has 67 heavy (non-hydrogen) atoms. The predicted octanol–water partition coefficient (Wildman–Crippen LogP) is 17.9. The Labute approximate surface area is 411 Å². The van der Waals surface area contributed by atoms with Gasteiger partial charge in [-0.2, -0.15) is 0 Å². The second-order valence-corrected chi connectivity index (χ2v) is 17.0. The first-order chi connectivity index (χ1) is 33.0. The number of hydrogen-bond acceptors (Lipinski definition) is 6. The van der Waals surface area contributed by atoms with Gasteiger partial charge >= 0.3 is 17.9 Å². The van der Waals surface area contributed by atoms with E-state index < -0.39 is 6.10 Å². The molecule has 376 valence electrons. The van der Waals surface area contributed by atoms with Crippen LogP contribution in [0.3, 0.4) is 0 Å². The fraction of sp³-hybridized carbons (Fsp3) is 0.590. The molecule has 1 unspecified atom stereocenters. The average Bonchev–Trinajstić information content (AvgIpc) is 3.33. The molecule has 1 atom stereocenters. The SMILES string of the molecule is CC/C=C\C/C=C\C/C=C\C/C=C\C/C=C\C/C=C\CCCCCCC(=O)OCC(COC(=O)CCCCCCC/C=C\CCCC)OC(=O)CCCC/C=C\C/C=C\C/C=C\C/C=C\CC. The van der Waals surface area contributed by atoms with Gasteiger partial charge in [0.25, 0.3) is 0 Å². The van der Waals surface area contributed by atoms with Crippen molar-refractivity contribution >= 4 is 17.9 Å². The van der Waals surface area contributed by atoms with Crippen LogP contribution in [0, 0.1) is 0 Å². The van der Waals surface area contributed by atoms with Crippen LogP contribution in [0.5, 0.6) is 0 Å². The van der Waals surface area contributed by atoms with E-state index in [4.69, 9.17) is 14.2 Å². The first kappa shape index (κ1) is 62.5. The van der Waals surface area contributed by atoms with Crippen LogP contribution in [-0.2, 0) is 28.6 Å². The van der Waals surface area contributed by atoms with Crippen LogP contribution >= 0.6 is 0 Å². The van der Waals surface area contributed by atoms with Gasteiger partial charge < -0.3 is 14.2 Å². The molecule has 0 aromatic rings. The molecule has 0 aromatic heterocycles. The highest BCUT2D eigenvalue weighted by Crippen LogP contribution is 2.12. The molecule has 0 heterocycles. The van der Waals surface area contributed by atoms with Gasteiger partial charge in [-0.25, -0.2) is 0 Å². The van der Waals surface area contributed by atoms with Gasteiger partial charge in [-0.15, -0.1) is 0 Å². The van der Waals surface area contributed by atoms with Crippen molar-refractivity contribution in [2.75, 3.05) is 13.2 Å². The summed E-state index contributed by atoms with van der Waals surface area (Å²) < 4.78 is 16.7. The van der Waals surface area contributed by atoms with Gasteiger partial charge in [0.1, 0.15) is 13.2 Å². The van der Waals surface area contributed by atoms with Crippen LogP contribution in [0.2, 0.25) is 0 Å². The highest BCUT2D eigenvalue weighted by Gasteiger charge is 2.19. The molecule has 6 nitrogen and oxygen atoms in total. The van der Waals surface area contributed by atoms with E-state index in [1.807, 2.05) is 0 Å². The number of carbonyl (C=O) groups is 3. The molecular formula is C61H96O6. The van der Waals surface area contributed by atoms with Crippen molar-refractivity contribution in [3.8, 4) is 0 Å². The third-order valence-electron chi connectivity index (χ3n) is 10.6. The standard InChI is InChI=1S/C61H96O6/c1-4-7-10-13-16-19-22-24-26-27-28-29-30-31-32-33-35-36-39-42-45-48-51-54-60(63)66-57-58(56-65-59(62)53-50-47-44-41-38-21-18-15-12-9-6-3)67-61(64)55-52-49-46-43-40-37-34-25-23-20-17-14-11-8-5-2/h7-8,10-11,15-20,24-26,28-29,31-32,34-36,40,43,58H,4-6,9,12-14,21-23,27,30,33,37-39,41-42,44-57H2,1-3H3/b10-7-,11-8-,18-15-,19-16-,20-17-,26-24-,29-28-,32-31-,34-25-,36-35-,43-40-. The van der Waals surface area contributed by atoms with Gasteiger partial charge in [-0.05, 0) is 128 Å². The van der Waals surface area contributed by atoms with Crippen LogP contribution in [0.1, 0.15) is 213 Å². The molecule has 0 aliphatic heterocycles. The van der Waals surface area contributed by atoms with Crippen LogP contribution in [0.25, 0.3) is 0 Å². The molecule has 0 radical (unpaired) electrons. The zero-order valence-corrected chi connectivity index (χ0v) is 42.9. The summed E-state index contributed by atoms with van der Waals surface area (Å²) in [6.45, 7) is 6.28. The molecule has 0 aromatic carbocycles. The van der Waals surface area contributed by atoms with Gasteiger partial charge in [0, 0.05) is 19.3 Å². The van der Waals surface area contributed by atoms with Crippen molar-refractivity contribution in [1.82, 2.24) is 0 Å². The van der Waals surface area contributed by atoms with E-state index in [1.165, 1.54) is 25.7 Å². The topological polar surface area (TPSA) is 78.9 Å². The van der Waals surface area contributed by atoms with E-state index in [9.17, 15) is 14.4 Å². The zero-order chi connectivity index (χ0) is 48.6. The lowest BCUT2D eigenvalue weighted by Gasteiger charge is -2.18. The molecule has 6 heteroatoms. The summed E-state index contributed by atoms with van der Waals surface area (Å²) in [6.07, 6.45) is 75.8. The zero-order valence-electron chi connectivity index (χ0n) is 42.9. The summed E-state index contributed by atoms with van der Waals surface area (Å²) in [5.74, 6) is -0.999. The van der Waals surface area contributed by atoms with Crippen molar-refractivity contribution in [2.45, 2.75) is 219 Å². The number of carbonyl (C=O) groups excluding carboxylic acids is 3. The van der Waals surface area contributed by atoms with Crippen LogP contribution < -0.4 is 0 Å². The Kier molecular flexibility index (Phi) is 50.6. The number of unbranched alkanes of at least 4 members (excludes halogenated alkanes) is 13. The maximum Gasteiger partial charge on any atom is 0.306 e. The van der Waals surface area contributed by atoms with Crippen molar-refractivity contribution in [1.29, 1.82) is 0 Å². The van der Waals surface area contributed by atoms with E-state index >= 15 is 0 Å². The quantitative estimate of drug-likeness (QED) is 0.0262. The lowest BCUT2D eigenvalue weighted by Crippen LogP contribution is -2.30. The molecule has 0 N–H and O–H groups in total. The molecule has 0 saturated carbocycles. The minimum atomic E-state index is -0.818. The van der Waals surface area contributed by atoms with E-state index in [0.29, 0.717) is 19.3 Å². The number of ether oxygens (including phenoxy) is 3. The summed E-state index contributed by atoms with van der Waals surface area (Å²) >= 11 is 0. The maximum atomic E-state index is 12.8. The Bertz CT molecular complexity index is 1480. The molecule has 0 rings (SSSR count). The maximum absolute atomic E-state index is 12.8. The monoisotopic (exact) mass is 925 g/mol. The Balaban J connectivity index is 4.47. The molecule has 0 saturated heterocycles. The van der Waals surface area contributed by atoms with Crippen molar-refractivity contribution in [3.63, 3.8) is 0 Å². The van der Waals surface area contributed by atoms with Gasteiger partial charge in [0.2, 0.25) is 0 Å². The fourth-order valence-corrected chi connectivity index (χ4v) is 6.65. The van der Waals surface area contributed by atoms with E-state index in [-0.39, 0.29) is 37.5 Å². The number of hydrogen-bond donors (Lipinski definition) is 0. The van der Waals surface area contributed by atoms with Gasteiger partial charge in [-0.1, -0.05) is 199 Å². The average molecular weight is 925 g/mol. The third kappa shape index (κ3) is 52.4. The Hall–Kier alpha value is -4.45. The minimum Gasteiger partial charge on any atom is -0.462 e. The lowest BCUT2D eigenvalue weighted by molar-refractivity contribution is -0.167. The van der Waals surface area contributed by atoms with Crippen LogP contribution in [0.15, 0.2) is 134 Å². The minimum absolute atomic E-state index is 0.112. The second kappa shape index (κ2) is 54.2. The van der Waals surface area contributed by atoms with Crippen molar-refractivity contribution in [2.24, 2.45) is 0 Å². The highest BCUT2D eigenvalue weighted by molar-refractivity contribution is 5.71. The molecule has 0 spiro atoms. The highest BCUT2D eigenvalue weighted by atomic mass is 16.6. The molecule has 0 aliphatic rings. The molecule has 0 bridgehead atoms. The summed E-state index contributed by atoms with van der Waals surface area (Å²) in [5, 5.41) is 0. The van der Waals surface area contributed by atoms with Gasteiger partial charge in [-0.3, -0.25) is 14.4 Å². The third-order valence-corrected chi connectivity index (χ3v) is 10.6. The largest absolute Gasteiger partial charge is 0.462 e.